The maximum atomic E-state index is 10.6. The standard InChI is InChI=1S/C15H29BrO2/c1-2-3-4-5-6-7-8-9-10-11-12-13-14(16)15(17)18/h14H,2-13H2,1H3,(H,17,18). The van der Waals surface area contributed by atoms with Crippen molar-refractivity contribution >= 4 is 21.9 Å². The van der Waals surface area contributed by atoms with Crippen molar-refractivity contribution in [1.82, 2.24) is 0 Å². The lowest BCUT2D eigenvalue weighted by atomic mass is 10.0. The monoisotopic (exact) mass is 320 g/mol. The molecule has 1 N–H and O–H groups in total. The molecule has 0 radical (unpaired) electrons. The Hall–Kier alpha value is -0.0500. The Bertz CT molecular complexity index is 195. The molecule has 0 rings (SSSR count). The second-order valence-electron chi connectivity index (χ2n) is 5.13. The highest BCUT2D eigenvalue weighted by molar-refractivity contribution is 9.10. The topological polar surface area (TPSA) is 37.3 Å². The van der Waals surface area contributed by atoms with E-state index in [0.29, 0.717) is 0 Å². The van der Waals surface area contributed by atoms with E-state index in [1.54, 1.807) is 0 Å². The SMILES string of the molecule is CCCCCCCCCCCCCC(Br)C(=O)O. The van der Waals surface area contributed by atoms with E-state index in [1.807, 2.05) is 0 Å². The molecule has 0 fully saturated rings. The van der Waals surface area contributed by atoms with Gasteiger partial charge in [0, 0.05) is 0 Å². The van der Waals surface area contributed by atoms with Crippen molar-refractivity contribution in [3.63, 3.8) is 0 Å². The van der Waals surface area contributed by atoms with Gasteiger partial charge in [0.2, 0.25) is 0 Å². The zero-order chi connectivity index (χ0) is 13.6. The first-order chi connectivity index (χ1) is 8.68. The van der Waals surface area contributed by atoms with Crippen molar-refractivity contribution in [1.29, 1.82) is 0 Å². The van der Waals surface area contributed by atoms with Gasteiger partial charge >= 0.3 is 5.97 Å². The van der Waals surface area contributed by atoms with Crippen LogP contribution in [0.2, 0.25) is 0 Å². The second kappa shape index (κ2) is 13.4. The van der Waals surface area contributed by atoms with E-state index >= 15 is 0 Å². The lowest BCUT2D eigenvalue weighted by Crippen LogP contribution is -2.11. The van der Waals surface area contributed by atoms with E-state index < -0.39 is 5.97 Å². The van der Waals surface area contributed by atoms with Crippen molar-refractivity contribution in [3.8, 4) is 0 Å². The van der Waals surface area contributed by atoms with Crippen LogP contribution in [-0.4, -0.2) is 15.9 Å². The molecule has 0 aromatic heterocycles. The third-order valence-electron chi connectivity index (χ3n) is 3.33. The largest absolute Gasteiger partial charge is 0.480 e. The summed E-state index contributed by atoms with van der Waals surface area (Å²) >= 11 is 3.17. The van der Waals surface area contributed by atoms with Crippen LogP contribution in [0, 0.1) is 0 Å². The molecule has 1 atom stereocenters. The van der Waals surface area contributed by atoms with Crippen LogP contribution < -0.4 is 0 Å². The summed E-state index contributed by atoms with van der Waals surface area (Å²) < 4.78 is 0. The third-order valence-corrected chi connectivity index (χ3v) is 4.18. The van der Waals surface area contributed by atoms with Gasteiger partial charge in [-0.1, -0.05) is 93.5 Å². The first-order valence-electron chi connectivity index (χ1n) is 7.55. The number of halogens is 1. The van der Waals surface area contributed by atoms with Gasteiger partial charge in [0.05, 0.1) is 0 Å². The van der Waals surface area contributed by atoms with Crippen molar-refractivity contribution in [3.05, 3.63) is 0 Å². The van der Waals surface area contributed by atoms with E-state index in [9.17, 15) is 4.79 Å². The number of unbranched alkanes of at least 4 members (excludes halogenated alkanes) is 10. The molecule has 2 nitrogen and oxygen atoms in total. The number of carboxylic acid groups (broad SMARTS) is 1. The van der Waals surface area contributed by atoms with Gasteiger partial charge in [0.15, 0.2) is 0 Å². The maximum absolute atomic E-state index is 10.6. The van der Waals surface area contributed by atoms with Gasteiger partial charge < -0.3 is 5.11 Å². The summed E-state index contributed by atoms with van der Waals surface area (Å²) in [6, 6.07) is 0. The first kappa shape index (κ1) is 17.9. The van der Waals surface area contributed by atoms with Crippen LogP contribution in [0.25, 0.3) is 0 Å². The molecule has 108 valence electrons. The average Bonchev–Trinajstić information content (AvgIpc) is 2.35. The van der Waals surface area contributed by atoms with Gasteiger partial charge in [-0.15, -0.1) is 0 Å². The summed E-state index contributed by atoms with van der Waals surface area (Å²) in [5, 5.41) is 8.70. The molecular formula is C15H29BrO2. The summed E-state index contributed by atoms with van der Waals surface area (Å²) in [5.41, 5.74) is 0. The predicted molar refractivity (Wildman–Crippen MR) is 81.4 cm³/mol. The molecule has 0 aliphatic rings. The van der Waals surface area contributed by atoms with Crippen molar-refractivity contribution in [2.45, 2.75) is 88.8 Å². The van der Waals surface area contributed by atoms with E-state index in [0.717, 1.165) is 12.8 Å². The zero-order valence-corrected chi connectivity index (χ0v) is 13.4. The average molecular weight is 321 g/mol. The Kier molecular flexibility index (Phi) is 13.3. The Morgan fingerprint density at radius 1 is 0.889 bits per heavy atom. The third kappa shape index (κ3) is 12.4. The van der Waals surface area contributed by atoms with Crippen molar-refractivity contribution in [2.24, 2.45) is 0 Å². The molecule has 0 aliphatic carbocycles. The van der Waals surface area contributed by atoms with Crippen LogP contribution in [0.15, 0.2) is 0 Å². The Labute approximate surface area is 121 Å². The molecule has 0 spiro atoms. The highest BCUT2D eigenvalue weighted by Gasteiger charge is 2.11. The van der Waals surface area contributed by atoms with Crippen molar-refractivity contribution < 1.29 is 9.90 Å². The molecule has 0 heterocycles. The zero-order valence-electron chi connectivity index (χ0n) is 11.8. The number of rotatable bonds is 13. The predicted octanol–water partition coefficient (Wildman–Crippen LogP) is 5.54. The molecule has 0 bridgehead atoms. The molecule has 0 aromatic rings. The van der Waals surface area contributed by atoms with Gasteiger partial charge in [0.25, 0.3) is 0 Å². The van der Waals surface area contributed by atoms with Crippen LogP contribution in [0.3, 0.4) is 0 Å². The quantitative estimate of drug-likeness (QED) is 0.357. The maximum Gasteiger partial charge on any atom is 0.317 e. The first-order valence-corrected chi connectivity index (χ1v) is 8.47. The summed E-state index contributed by atoms with van der Waals surface area (Å²) in [5.74, 6) is -0.734. The fourth-order valence-corrected chi connectivity index (χ4v) is 2.43. The minimum Gasteiger partial charge on any atom is -0.480 e. The lowest BCUT2D eigenvalue weighted by Gasteiger charge is -2.04. The molecule has 18 heavy (non-hydrogen) atoms. The fraction of sp³-hybridized carbons (Fsp3) is 0.933. The minimum absolute atomic E-state index is 0.351. The smallest absolute Gasteiger partial charge is 0.317 e. The molecule has 0 saturated heterocycles. The number of carbonyl (C=O) groups is 1. The Morgan fingerprint density at radius 3 is 1.67 bits per heavy atom. The normalized spacial score (nSPS) is 12.6. The Balaban J connectivity index is 3.05. The molecule has 1 unspecified atom stereocenters. The van der Waals surface area contributed by atoms with E-state index in [-0.39, 0.29) is 4.83 Å². The van der Waals surface area contributed by atoms with Crippen molar-refractivity contribution in [2.75, 3.05) is 0 Å². The number of carboxylic acids is 1. The minimum atomic E-state index is -0.734. The number of hydrogen-bond donors (Lipinski definition) is 1. The summed E-state index contributed by atoms with van der Waals surface area (Å²) in [6.07, 6.45) is 15.2. The molecule has 0 aromatic carbocycles. The van der Waals surface area contributed by atoms with Crippen LogP contribution >= 0.6 is 15.9 Å². The van der Waals surface area contributed by atoms with Gasteiger partial charge in [0.1, 0.15) is 4.83 Å². The number of hydrogen-bond acceptors (Lipinski definition) is 1. The summed E-state index contributed by atoms with van der Waals surface area (Å²) in [4.78, 5) is 10.2. The van der Waals surface area contributed by atoms with Gasteiger partial charge in [-0.05, 0) is 6.42 Å². The van der Waals surface area contributed by atoms with Crippen LogP contribution in [-0.2, 0) is 4.79 Å². The van der Waals surface area contributed by atoms with Crippen LogP contribution in [0.1, 0.15) is 84.0 Å². The van der Waals surface area contributed by atoms with E-state index in [2.05, 4.69) is 22.9 Å². The number of alkyl halides is 1. The molecule has 0 saturated carbocycles. The van der Waals surface area contributed by atoms with E-state index in [4.69, 9.17) is 5.11 Å². The molecule has 0 amide bonds. The Morgan fingerprint density at radius 2 is 1.28 bits per heavy atom. The van der Waals surface area contributed by atoms with Crippen LogP contribution in [0.5, 0.6) is 0 Å². The van der Waals surface area contributed by atoms with Gasteiger partial charge in [-0.2, -0.15) is 0 Å². The van der Waals surface area contributed by atoms with E-state index in [1.165, 1.54) is 64.2 Å². The molecule has 3 heteroatoms. The molecular weight excluding hydrogens is 292 g/mol. The summed E-state index contributed by atoms with van der Waals surface area (Å²) in [7, 11) is 0. The molecule has 0 aliphatic heterocycles. The highest BCUT2D eigenvalue weighted by Crippen LogP contribution is 2.14. The number of aliphatic carboxylic acids is 1. The van der Waals surface area contributed by atoms with Crippen LogP contribution in [0.4, 0.5) is 0 Å². The highest BCUT2D eigenvalue weighted by atomic mass is 79.9. The van der Waals surface area contributed by atoms with Gasteiger partial charge in [-0.3, -0.25) is 4.79 Å². The summed E-state index contributed by atoms with van der Waals surface area (Å²) in [6.45, 7) is 2.25. The van der Waals surface area contributed by atoms with Gasteiger partial charge in [-0.25, -0.2) is 0 Å². The fourth-order valence-electron chi connectivity index (χ4n) is 2.11. The second-order valence-corrected chi connectivity index (χ2v) is 6.24. The lowest BCUT2D eigenvalue weighted by molar-refractivity contribution is -0.136.